The highest BCUT2D eigenvalue weighted by molar-refractivity contribution is 7.87. The van der Waals surface area contributed by atoms with Gasteiger partial charge in [0.05, 0.1) is 17.8 Å². The molecular weight excluding hydrogens is 349 g/mol. The third-order valence-electron chi connectivity index (χ3n) is 3.42. The summed E-state index contributed by atoms with van der Waals surface area (Å²) in [4.78, 5) is 0. The molecule has 0 amide bonds. The van der Waals surface area contributed by atoms with Crippen molar-refractivity contribution in [3.63, 3.8) is 0 Å². The maximum atomic E-state index is 12.4. The second-order valence-corrected chi connectivity index (χ2v) is 6.81. The molecule has 0 saturated heterocycles. The molecule has 2 aromatic heterocycles. The predicted octanol–water partition coefficient (Wildman–Crippen LogP) is 2.85. The maximum absolute atomic E-state index is 12.4. The lowest BCUT2D eigenvalue weighted by atomic mass is 10.1. The van der Waals surface area contributed by atoms with Gasteiger partial charge in [-0.1, -0.05) is 0 Å². The average Bonchev–Trinajstić information content (AvgIpc) is 2.85. The van der Waals surface area contributed by atoms with Crippen LogP contribution in [-0.4, -0.2) is 30.1 Å². The molecule has 0 aliphatic carbocycles. The van der Waals surface area contributed by atoms with E-state index in [0.29, 0.717) is 5.56 Å². The number of alkyl halides is 3. The van der Waals surface area contributed by atoms with Gasteiger partial charge in [-0.3, -0.25) is 0 Å². The van der Waals surface area contributed by atoms with Crippen LogP contribution in [0.1, 0.15) is 23.8 Å². The summed E-state index contributed by atoms with van der Waals surface area (Å²) in [6, 6.07) is 5.30. The van der Waals surface area contributed by atoms with Gasteiger partial charge in [-0.15, -0.1) is 0 Å². The van der Waals surface area contributed by atoms with E-state index < -0.39 is 21.7 Å². The van der Waals surface area contributed by atoms with Crippen LogP contribution in [0.15, 0.2) is 36.2 Å². The second kappa shape index (κ2) is 5.78. The highest BCUT2D eigenvalue weighted by Crippen LogP contribution is 2.32. The van der Waals surface area contributed by atoms with Crippen LogP contribution in [0.25, 0.3) is 5.52 Å². The molecule has 6 nitrogen and oxygen atoms in total. The summed E-state index contributed by atoms with van der Waals surface area (Å²) in [6.45, 7) is 1.88. The Bertz CT molecular complexity index is 902. The van der Waals surface area contributed by atoms with Gasteiger partial charge in [0.1, 0.15) is 11.9 Å². The van der Waals surface area contributed by atoms with Crippen LogP contribution in [0.4, 0.5) is 13.2 Å². The largest absolute Gasteiger partial charge is 0.534 e. The van der Waals surface area contributed by atoms with Crippen LogP contribution >= 0.6 is 0 Å². The summed E-state index contributed by atoms with van der Waals surface area (Å²) >= 11 is 0. The van der Waals surface area contributed by atoms with Crippen molar-refractivity contribution >= 4 is 15.6 Å². The summed E-state index contributed by atoms with van der Waals surface area (Å²) in [5, 5.41) is 4.22. The van der Waals surface area contributed by atoms with E-state index in [-0.39, 0.29) is 18.8 Å². The van der Waals surface area contributed by atoms with Gasteiger partial charge in [0.15, 0.2) is 0 Å². The number of hydrogen-bond donors (Lipinski definition) is 0. The zero-order valence-corrected chi connectivity index (χ0v) is 13.3. The van der Waals surface area contributed by atoms with Crippen LogP contribution in [0.5, 0.6) is 0 Å². The molecule has 1 aliphatic heterocycles. The lowest BCUT2D eigenvalue weighted by Crippen LogP contribution is -2.26. The number of aromatic nitrogens is 2. The molecule has 0 fully saturated rings. The molecule has 1 aliphatic rings. The number of nitrogens with zero attached hydrogens (tertiary/aromatic N) is 2. The molecule has 130 valence electrons. The number of hydrogen-bond acceptors (Lipinski definition) is 5. The number of rotatable bonds is 3. The van der Waals surface area contributed by atoms with E-state index in [9.17, 15) is 21.6 Å². The smallest absolute Gasteiger partial charge is 0.381 e. The lowest BCUT2D eigenvalue weighted by molar-refractivity contribution is -0.0530. The maximum Gasteiger partial charge on any atom is 0.534 e. The molecule has 3 heterocycles. The molecule has 0 aromatic carbocycles. The van der Waals surface area contributed by atoms with Crippen LogP contribution in [-0.2, 0) is 19.0 Å². The highest BCUT2D eigenvalue weighted by atomic mass is 32.2. The third-order valence-corrected chi connectivity index (χ3v) is 4.42. The zero-order valence-electron chi connectivity index (χ0n) is 12.4. The summed E-state index contributed by atoms with van der Waals surface area (Å²) < 4.78 is 70.7. The molecule has 3 rings (SSSR count). The Morgan fingerprint density at radius 1 is 1.38 bits per heavy atom. The van der Waals surface area contributed by atoms with E-state index in [2.05, 4.69) is 9.28 Å². The molecule has 10 heteroatoms. The summed E-state index contributed by atoms with van der Waals surface area (Å²) in [6.07, 6.45) is 2.18. The minimum Gasteiger partial charge on any atom is -0.381 e. The quantitative estimate of drug-likeness (QED) is 0.620. The van der Waals surface area contributed by atoms with Crippen LogP contribution in [0.3, 0.4) is 0 Å². The summed E-state index contributed by atoms with van der Waals surface area (Å²) in [5.74, 6) is -0.284. The van der Waals surface area contributed by atoms with Crippen molar-refractivity contribution in [2.24, 2.45) is 0 Å². The Balaban J connectivity index is 1.88. The van der Waals surface area contributed by atoms with Gasteiger partial charge in [0.25, 0.3) is 0 Å². The molecule has 0 saturated carbocycles. The van der Waals surface area contributed by atoms with Crippen LogP contribution in [0, 0.1) is 6.92 Å². The zero-order chi connectivity index (χ0) is 17.5. The first-order chi connectivity index (χ1) is 11.2. The number of halogens is 3. The Labute approximate surface area is 135 Å². The minimum absolute atomic E-state index is 0.0490. The van der Waals surface area contributed by atoms with Gasteiger partial charge in [-0.25, -0.2) is 4.52 Å². The Morgan fingerprint density at radius 3 is 2.83 bits per heavy atom. The van der Waals surface area contributed by atoms with Crippen molar-refractivity contribution in [3.05, 3.63) is 47.5 Å². The van der Waals surface area contributed by atoms with E-state index in [1.54, 1.807) is 22.8 Å². The van der Waals surface area contributed by atoms with E-state index in [0.717, 1.165) is 11.2 Å². The molecule has 24 heavy (non-hydrogen) atoms. The Kier molecular flexibility index (Phi) is 4.04. The van der Waals surface area contributed by atoms with Crippen molar-refractivity contribution in [1.82, 2.24) is 9.61 Å². The molecule has 0 bridgehead atoms. The number of aryl methyl sites for hydroxylation is 1. The van der Waals surface area contributed by atoms with E-state index >= 15 is 0 Å². The molecule has 0 radical (unpaired) electrons. The number of ether oxygens (including phenoxy) is 1. The minimum atomic E-state index is -5.67. The first kappa shape index (κ1) is 16.8. The SMILES string of the molecule is Cc1cc2cc(C3C=C(OS(=O)(=O)C(F)(F)F)CCO3)ccn2n1. The van der Waals surface area contributed by atoms with Gasteiger partial charge in [-0.05, 0) is 36.8 Å². The topological polar surface area (TPSA) is 69.9 Å². The fourth-order valence-corrected chi connectivity index (χ4v) is 2.87. The lowest BCUT2D eigenvalue weighted by Gasteiger charge is -2.22. The number of fused-ring (bicyclic) bond motifs is 1. The first-order valence-corrected chi connectivity index (χ1v) is 8.35. The highest BCUT2D eigenvalue weighted by Gasteiger charge is 2.49. The van der Waals surface area contributed by atoms with Gasteiger partial charge in [-0.2, -0.15) is 26.7 Å². The van der Waals surface area contributed by atoms with E-state index in [4.69, 9.17) is 4.74 Å². The molecule has 1 unspecified atom stereocenters. The second-order valence-electron chi connectivity index (χ2n) is 5.27. The van der Waals surface area contributed by atoms with Crippen LogP contribution < -0.4 is 0 Å². The van der Waals surface area contributed by atoms with Gasteiger partial charge in [0, 0.05) is 12.6 Å². The third kappa shape index (κ3) is 3.24. The molecular formula is C14H13F3N2O4S. The van der Waals surface area contributed by atoms with Crippen molar-refractivity contribution in [3.8, 4) is 0 Å². The summed E-state index contributed by atoms with van der Waals surface area (Å²) in [7, 11) is -5.67. The average molecular weight is 362 g/mol. The fourth-order valence-electron chi connectivity index (χ4n) is 2.35. The monoisotopic (exact) mass is 362 g/mol. The number of pyridine rings is 1. The molecule has 2 aromatic rings. The van der Waals surface area contributed by atoms with Gasteiger partial charge in [0.2, 0.25) is 0 Å². The summed E-state index contributed by atoms with van der Waals surface area (Å²) in [5.41, 5.74) is -3.20. The Hall–Kier alpha value is -2.07. The molecule has 0 N–H and O–H groups in total. The fraction of sp³-hybridized carbons (Fsp3) is 0.357. The van der Waals surface area contributed by atoms with Crippen molar-refractivity contribution in [1.29, 1.82) is 0 Å². The van der Waals surface area contributed by atoms with Crippen molar-refractivity contribution in [2.75, 3.05) is 6.61 Å². The van der Waals surface area contributed by atoms with Crippen molar-refractivity contribution in [2.45, 2.75) is 25.0 Å². The predicted molar refractivity (Wildman–Crippen MR) is 77.4 cm³/mol. The van der Waals surface area contributed by atoms with Gasteiger partial charge < -0.3 is 8.92 Å². The van der Waals surface area contributed by atoms with Crippen molar-refractivity contribution < 1.29 is 30.5 Å². The molecule has 1 atom stereocenters. The standard InChI is InChI=1S/C14H13F3N2O4S/c1-9-6-11-7-10(2-4-19(11)18-9)13-8-12(3-5-22-13)23-24(20,21)14(15,16)17/h2,4,6-8,13H,3,5H2,1H3. The van der Waals surface area contributed by atoms with E-state index in [1.807, 2.05) is 13.0 Å². The van der Waals surface area contributed by atoms with E-state index in [1.165, 1.54) is 6.08 Å². The first-order valence-electron chi connectivity index (χ1n) is 6.95. The van der Waals surface area contributed by atoms with Gasteiger partial charge >= 0.3 is 15.6 Å². The molecule has 0 spiro atoms. The normalized spacial score (nSPS) is 19.3. The Morgan fingerprint density at radius 2 is 2.12 bits per heavy atom. The van der Waals surface area contributed by atoms with Crippen LogP contribution in [0.2, 0.25) is 0 Å².